The fourth-order valence-corrected chi connectivity index (χ4v) is 3.78. The number of nitrogens with one attached hydrogen (secondary N) is 2. The summed E-state index contributed by atoms with van der Waals surface area (Å²) in [5, 5.41) is 25.2. The Morgan fingerprint density at radius 1 is 1.15 bits per heavy atom. The van der Waals surface area contributed by atoms with Crippen LogP contribution in [0, 0.1) is 21.4 Å². The standard InChI is InChI=1S/C22H19ClN4O6/c23-17-11-14(27(31)32)7-8-15(17)20(29)25-18-6-2-1-5-16(18)21(30)33-12-19(28)26-22(13-24)9-3-4-10-22/h1-2,5-8,11H,3-4,9-10,12H2,(H,25,29)(H,26,28). The third-order valence-electron chi connectivity index (χ3n) is 5.19. The number of para-hydroxylation sites is 1. The highest BCUT2D eigenvalue weighted by molar-refractivity contribution is 6.34. The Kier molecular flexibility index (Phi) is 7.25. The molecule has 1 fully saturated rings. The van der Waals surface area contributed by atoms with E-state index in [1.807, 2.05) is 0 Å². The topological polar surface area (TPSA) is 151 Å². The van der Waals surface area contributed by atoms with E-state index < -0.39 is 34.9 Å². The van der Waals surface area contributed by atoms with Gasteiger partial charge in [0.15, 0.2) is 6.61 Å². The lowest BCUT2D eigenvalue weighted by atomic mass is 10.00. The second kappa shape index (κ2) is 10.1. The van der Waals surface area contributed by atoms with Gasteiger partial charge in [-0.25, -0.2) is 4.79 Å². The molecule has 1 saturated carbocycles. The Balaban J connectivity index is 1.67. The Morgan fingerprint density at radius 3 is 2.48 bits per heavy atom. The maximum Gasteiger partial charge on any atom is 0.340 e. The predicted molar refractivity (Wildman–Crippen MR) is 118 cm³/mol. The van der Waals surface area contributed by atoms with Gasteiger partial charge in [-0.2, -0.15) is 5.26 Å². The van der Waals surface area contributed by atoms with E-state index in [1.165, 1.54) is 18.2 Å². The van der Waals surface area contributed by atoms with Crippen molar-refractivity contribution in [2.75, 3.05) is 11.9 Å². The van der Waals surface area contributed by atoms with Gasteiger partial charge in [0.05, 0.1) is 32.8 Å². The first-order valence-corrected chi connectivity index (χ1v) is 10.4. The molecule has 0 radical (unpaired) electrons. The number of benzene rings is 2. The van der Waals surface area contributed by atoms with Gasteiger partial charge in [-0.1, -0.05) is 23.7 Å². The number of esters is 1. The molecule has 2 aromatic carbocycles. The lowest BCUT2D eigenvalue weighted by molar-refractivity contribution is -0.384. The van der Waals surface area contributed by atoms with E-state index in [0.717, 1.165) is 25.0 Å². The van der Waals surface area contributed by atoms with Gasteiger partial charge in [-0.3, -0.25) is 19.7 Å². The SMILES string of the molecule is N#CC1(NC(=O)COC(=O)c2ccccc2NC(=O)c2ccc([N+](=O)[O-])cc2Cl)CCCC1. The van der Waals surface area contributed by atoms with Crippen LogP contribution in [0.5, 0.6) is 0 Å². The molecule has 170 valence electrons. The molecule has 0 aliphatic heterocycles. The van der Waals surface area contributed by atoms with Crippen molar-refractivity contribution in [2.24, 2.45) is 0 Å². The maximum absolute atomic E-state index is 12.6. The van der Waals surface area contributed by atoms with E-state index in [1.54, 1.807) is 12.1 Å². The Bertz CT molecular complexity index is 1150. The van der Waals surface area contributed by atoms with Crippen molar-refractivity contribution in [3.05, 3.63) is 68.7 Å². The van der Waals surface area contributed by atoms with Crippen molar-refractivity contribution in [3.8, 4) is 6.07 Å². The molecule has 0 unspecified atom stereocenters. The zero-order valence-electron chi connectivity index (χ0n) is 17.3. The van der Waals surface area contributed by atoms with Crippen LogP contribution in [0.15, 0.2) is 42.5 Å². The van der Waals surface area contributed by atoms with Gasteiger partial charge in [-0.05, 0) is 43.9 Å². The first-order valence-electron chi connectivity index (χ1n) is 9.98. The molecule has 0 aromatic heterocycles. The van der Waals surface area contributed by atoms with Crippen LogP contribution in [0.1, 0.15) is 46.4 Å². The Morgan fingerprint density at radius 2 is 1.85 bits per heavy atom. The zero-order chi connectivity index (χ0) is 24.0. The van der Waals surface area contributed by atoms with E-state index in [0.29, 0.717) is 12.8 Å². The number of halogens is 1. The molecule has 2 N–H and O–H groups in total. The van der Waals surface area contributed by atoms with Crippen molar-refractivity contribution in [1.82, 2.24) is 5.32 Å². The molecule has 2 amide bonds. The van der Waals surface area contributed by atoms with E-state index in [4.69, 9.17) is 16.3 Å². The predicted octanol–water partition coefficient (Wildman–Crippen LogP) is 3.61. The van der Waals surface area contributed by atoms with E-state index in [2.05, 4.69) is 16.7 Å². The molecule has 0 saturated heterocycles. The monoisotopic (exact) mass is 470 g/mol. The second-order valence-electron chi connectivity index (χ2n) is 7.45. The number of carbonyl (C=O) groups excluding carboxylic acids is 3. The number of ether oxygens (including phenoxy) is 1. The molecule has 1 aliphatic rings. The molecule has 10 nitrogen and oxygen atoms in total. The summed E-state index contributed by atoms with van der Waals surface area (Å²) >= 11 is 5.99. The molecule has 0 atom stereocenters. The minimum atomic E-state index is -0.931. The van der Waals surface area contributed by atoms with Crippen LogP contribution in [-0.4, -0.2) is 34.9 Å². The molecule has 2 aromatic rings. The van der Waals surface area contributed by atoms with Crippen LogP contribution in [0.25, 0.3) is 0 Å². The van der Waals surface area contributed by atoms with E-state index in [-0.39, 0.29) is 27.5 Å². The van der Waals surface area contributed by atoms with Crippen LogP contribution < -0.4 is 10.6 Å². The van der Waals surface area contributed by atoms with Crippen LogP contribution >= 0.6 is 11.6 Å². The third kappa shape index (κ3) is 5.64. The number of non-ortho nitro benzene ring substituents is 1. The molecule has 1 aliphatic carbocycles. The number of nitriles is 1. The van der Waals surface area contributed by atoms with E-state index >= 15 is 0 Å². The van der Waals surface area contributed by atoms with Crippen LogP contribution in [-0.2, 0) is 9.53 Å². The van der Waals surface area contributed by atoms with Crippen LogP contribution in [0.4, 0.5) is 11.4 Å². The summed E-state index contributed by atoms with van der Waals surface area (Å²) in [6.07, 6.45) is 2.76. The fourth-order valence-electron chi connectivity index (χ4n) is 3.52. The van der Waals surface area contributed by atoms with Crippen molar-refractivity contribution in [2.45, 2.75) is 31.2 Å². The lowest BCUT2D eigenvalue weighted by Gasteiger charge is -2.21. The van der Waals surface area contributed by atoms with Crippen LogP contribution in [0.2, 0.25) is 5.02 Å². The van der Waals surface area contributed by atoms with Gasteiger partial charge < -0.3 is 15.4 Å². The van der Waals surface area contributed by atoms with Gasteiger partial charge in [0.25, 0.3) is 17.5 Å². The molecule has 0 spiro atoms. The van der Waals surface area contributed by atoms with Gasteiger partial charge in [0, 0.05) is 12.1 Å². The highest BCUT2D eigenvalue weighted by atomic mass is 35.5. The molecular weight excluding hydrogens is 452 g/mol. The first-order chi connectivity index (χ1) is 15.7. The maximum atomic E-state index is 12.6. The van der Waals surface area contributed by atoms with Crippen molar-refractivity contribution in [3.63, 3.8) is 0 Å². The van der Waals surface area contributed by atoms with Crippen molar-refractivity contribution >= 4 is 40.8 Å². The average Bonchev–Trinajstić information content (AvgIpc) is 3.26. The first kappa shape index (κ1) is 23.7. The molecule has 0 heterocycles. The summed E-state index contributed by atoms with van der Waals surface area (Å²) in [5.74, 6) is -2.13. The minimum absolute atomic E-state index is 0.00690. The molecular formula is C22H19ClN4O6. The molecule has 33 heavy (non-hydrogen) atoms. The number of rotatable bonds is 7. The Hall–Kier alpha value is -3.97. The van der Waals surface area contributed by atoms with Crippen molar-refractivity contribution in [1.29, 1.82) is 5.26 Å². The van der Waals surface area contributed by atoms with Gasteiger partial charge in [0.1, 0.15) is 5.54 Å². The smallest absolute Gasteiger partial charge is 0.340 e. The third-order valence-corrected chi connectivity index (χ3v) is 5.50. The van der Waals surface area contributed by atoms with E-state index in [9.17, 15) is 29.8 Å². The Labute approximate surface area is 193 Å². The quantitative estimate of drug-likeness (QED) is 0.356. The van der Waals surface area contributed by atoms with Gasteiger partial charge in [-0.15, -0.1) is 0 Å². The number of nitro groups is 1. The average molecular weight is 471 g/mol. The summed E-state index contributed by atoms with van der Waals surface area (Å²) < 4.78 is 5.07. The lowest BCUT2D eigenvalue weighted by Crippen LogP contribution is -2.46. The molecule has 0 bridgehead atoms. The number of nitro benzene ring substituents is 1. The number of hydrogen-bond acceptors (Lipinski definition) is 7. The zero-order valence-corrected chi connectivity index (χ0v) is 18.1. The fraction of sp³-hybridized carbons (Fsp3) is 0.273. The normalized spacial score (nSPS) is 14.1. The second-order valence-corrected chi connectivity index (χ2v) is 7.85. The number of nitrogens with zero attached hydrogens (tertiary/aromatic N) is 2. The summed E-state index contributed by atoms with van der Waals surface area (Å²) in [4.78, 5) is 47.5. The number of hydrogen-bond donors (Lipinski definition) is 2. The van der Waals surface area contributed by atoms with Crippen LogP contribution in [0.3, 0.4) is 0 Å². The number of amides is 2. The highest BCUT2D eigenvalue weighted by Gasteiger charge is 2.35. The van der Waals surface area contributed by atoms with Crippen molar-refractivity contribution < 1.29 is 24.0 Å². The number of carbonyl (C=O) groups is 3. The summed E-state index contributed by atoms with van der Waals surface area (Å²) in [5.41, 5.74) is -1.13. The van der Waals surface area contributed by atoms with Gasteiger partial charge >= 0.3 is 5.97 Å². The highest BCUT2D eigenvalue weighted by Crippen LogP contribution is 2.29. The summed E-state index contributed by atoms with van der Waals surface area (Å²) in [6, 6.07) is 11.5. The summed E-state index contributed by atoms with van der Waals surface area (Å²) in [7, 11) is 0. The largest absolute Gasteiger partial charge is 0.452 e. The summed E-state index contributed by atoms with van der Waals surface area (Å²) in [6.45, 7) is -0.585. The number of anilines is 1. The molecule has 3 rings (SSSR count). The van der Waals surface area contributed by atoms with Gasteiger partial charge in [0.2, 0.25) is 0 Å². The minimum Gasteiger partial charge on any atom is -0.452 e. The molecule has 11 heteroatoms.